The zero-order chi connectivity index (χ0) is 10.7. The number of amides is 1. The first kappa shape index (κ1) is 10.9. The second kappa shape index (κ2) is 4.92. The summed E-state index contributed by atoms with van der Waals surface area (Å²) in [6.45, 7) is 3.63. The smallest absolute Gasteiger partial charge is 0.237 e. The van der Waals surface area contributed by atoms with Crippen molar-refractivity contribution in [2.24, 2.45) is 0 Å². The number of carbonyl (C=O) groups excluding carboxylic acids is 1. The number of likely N-dealkylation sites (N-methyl/N-ethyl adjacent to an activating group) is 1. The summed E-state index contributed by atoms with van der Waals surface area (Å²) in [5.74, 6) is 0.184. The highest BCUT2D eigenvalue weighted by Gasteiger charge is 2.29. The number of hydrazine groups is 1. The van der Waals surface area contributed by atoms with Crippen LogP contribution in [0, 0.1) is 0 Å². The normalized spacial score (nSPS) is 22.7. The van der Waals surface area contributed by atoms with Crippen LogP contribution in [0.1, 0.15) is 12.8 Å². The van der Waals surface area contributed by atoms with E-state index in [-0.39, 0.29) is 5.91 Å². The lowest BCUT2D eigenvalue weighted by Crippen LogP contribution is -2.49. The van der Waals surface area contributed by atoms with E-state index in [2.05, 4.69) is 10.4 Å². The molecule has 2 aliphatic rings. The van der Waals surface area contributed by atoms with E-state index in [1.54, 1.807) is 0 Å². The van der Waals surface area contributed by atoms with Crippen molar-refractivity contribution in [2.45, 2.75) is 18.9 Å². The standard InChI is InChI=1S/C10H19N3O2/c1-12(9-2-3-9)10(14)8-11-13-4-6-15-7-5-13/h9,11H,2-8H2,1H3. The van der Waals surface area contributed by atoms with E-state index in [0.717, 1.165) is 26.3 Å². The topological polar surface area (TPSA) is 44.8 Å². The van der Waals surface area contributed by atoms with E-state index in [0.29, 0.717) is 12.6 Å². The number of hydrogen-bond acceptors (Lipinski definition) is 4. The van der Waals surface area contributed by atoms with Crippen LogP contribution in [0.3, 0.4) is 0 Å². The molecule has 1 saturated carbocycles. The zero-order valence-corrected chi connectivity index (χ0v) is 9.24. The van der Waals surface area contributed by atoms with Gasteiger partial charge >= 0.3 is 0 Å². The molecule has 1 heterocycles. The van der Waals surface area contributed by atoms with Crippen molar-refractivity contribution in [3.63, 3.8) is 0 Å². The number of ether oxygens (including phenoxy) is 1. The summed E-state index contributed by atoms with van der Waals surface area (Å²) in [5.41, 5.74) is 3.15. The highest BCUT2D eigenvalue weighted by Crippen LogP contribution is 2.25. The number of rotatable bonds is 4. The predicted molar refractivity (Wildman–Crippen MR) is 56.2 cm³/mol. The van der Waals surface area contributed by atoms with Crippen LogP contribution in [-0.4, -0.2) is 61.8 Å². The number of hydrogen-bond donors (Lipinski definition) is 1. The van der Waals surface area contributed by atoms with Crippen molar-refractivity contribution in [1.29, 1.82) is 0 Å². The van der Waals surface area contributed by atoms with Gasteiger partial charge in [-0.15, -0.1) is 0 Å². The van der Waals surface area contributed by atoms with E-state index >= 15 is 0 Å². The zero-order valence-electron chi connectivity index (χ0n) is 9.24. The van der Waals surface area contributed by atoms with Crippen LogP contribution in [0.5, 0.6) is 0 Å². The van der Waals surface area contributed by atoms with E-state index in [1.807, 2.05) is 11.9 Å². The summed E-state index contributed by atoms with van der Waals surface area (Å²) in [6, 6.07) is 0.504. The Morgan fingerprint density at radius 2 is 2.13 bits per heavy atom. The average molecular weight is 213 g/mol. The average Bonchev–Trinajstić information content (AvgIpc) is 3.10. The molecular weight excluding hydrogens is 194 g/mol. The summed E-state index contributed by atoms with van der Waals surface area (Å²) in [7, 11) is 1.89. The lowest BCUT2D eigenvalue weighted by molar-refractivity contribution is -0.130. The van der Waals surface area contributed by atoms with Crippen molar-refractivity contribution in [3.8, 4) is 0 Å². The molecule has 2 fully saturated rings. The minimum absolute atomic E-state index is 0.184. The summed E-state index contributed by atoms with van der Waals surface area (Å²) < 4.78 is 5.23. The van der Waals surface area contributed by atoms with Gasteiger partial charge in [-0.3, -0.25) is 4.79 Å². The molecule has 5 heteroatoms. The number of morpholine rings is 1. The molecule has 1 aliphatic carbocycles. The lowest BCUT2D eigenvalue weighted by Gasteiger charge is -2.27. The first-order valence-electron chi connectivity index (χ1n) is 5.59. The highest BCUT2D eigenvalue weighted by atomic mass is 16.5. The third kappa shape index (κ3) is 3.15. The Morgan fingerprint density at radius 1 is 1.47 bits per heavy atom. The van der Waals surface area contributed by atoms with Gasteiger partial charge in [-0.25, -0.2) is 10.4 Å². The molecule has 1 N–H and O–H groups in total. The van der Waals surface area contributed by atoms with Crippen LogP contribution in [-0.2, 0) is 9.53 Å². The van der Waals surface area contributed by atoms with Gasteiger partial charge in [-0.05, 0) is 12.8 Å². The van der Waals surface area contributed by atoms with Gasteiger partial charge < -0.3 is 9.64 Å². The fourth-order valence-electron chi connectivity index (χ4n) is 1.69. The fraction of sp³-hybridized carbons (Fsp3) is 0.900. The Bertz CT molecular complexity index is 225. The van der Waals surface area contributed by atoms with E-state index in [4.69, 9.17) is 4.74 Å². The molecule has 0 atom stereocenters. The predicted octanol–water partition coefficient (Wildman–Crippen LogP) is -0.556. The van der Waals surface area contributed by atoms with Gasteiger partial charge in [0.2, 0.25) is 5.91 Å². The summed E-state index contributed by atoms with van der Waals surface area (Å²) in [5, 5.41) is 2.06. The minimum atomic E-state index is 0.184. The molecule has 0 aromatic rings. The lowest BCUT2D eigenvalue weighted by atomic mass is 10.4. The molecule has 86 valence electrons. The molecule has 0 aromatic carbocycles. The largest absolute Gasteiger partial charge is 0.379 e. The first-order chi connectivity index (χ1) is 7.27. The van der Waals surface area contributed by atoms with Gasteiger partial charge in [0.15, 0.2) is 0 Å². The Hall–Kier alpha value is -0.650. The molecule has 1 amide bonds. The van der Waals surface area contributed by atoms with Gasteiger partial charge in [0, 0.05) is 26.2 Å². The second-order valence-corrected chi connectivity index (χ2v) is 4.17. The van der Waals surface area contributed by atoms with Crippen LogP contribution in [0.15, 0.2) is 0 Å². The summed E-state index contributed by atoms with van der Waals surface area (Å²) in [4.78, 5) is 13.5. The van der Waals surface area contributed by atoms with Crippen molar-refractivity contribution in [3.05, 3.63) is 0 Å². The molecule has 0 spiro atoms. The van der Waals surface area contributed by atoms with Crippen molar-refractivity contribution in [1.82, 2.24) is 15.3 Å². The van der Waals surface area contributed by atoms with Gasteiger partial charge in [0.1, 0.15) is 0 Å². The third-order valence-corrected chi connectivity index (χ3v) is 2.95. The fourth-order valence-corrected chi connectivity index (χ4v) is 1.69. The van der Waals surface area contributed by atoms with Crippen LogP contribution < -0.4 is 5.43 Å². The molecule has 2 rings (SSSR count). The molecule has 5 nitrogen and oxygen atoms in total. The van der Waals surface area contributed by atoms with Gasteiger partial charge in [0.25, 0.3) is 0 Å². The van der Waals surface area contributed by atoms with E-state index < -0.39 is 0 Å². The Labute approximate surface area is 90.3 Å². The maximum absolute atomic E-state index is 11.7. The number of nitrogens with zero attached hydrogens (tertiary/aromatic N) is 2. The molecule has 0 radical (unpaired) electrons. The van der Waals surface area contributed by atoms with E-state index in [1.165, 1.54) is 12.8 Å². The maximum atomic E-state index is 11.7. The summed E-state index contributed by atoms with van der Waals surface area (Å²) >= 11 is 0. The Balaban J connectivity index is 1.65. The Morgan fingerprint density at radius 3 is 2.73 bits per heavy atom. The van der Waals surface area contributed by atoms with Crippen LogP contribution in [0.2, 0.25) is 0 Å². The SMILES string of the molecule is CN(C(=O)CNN1CCOCC1)C1CC1. The molecule has 0 unspecified atom stereocenters. The van der Waals surface area contributed by atoms with Crippen molar-refractivity contribution < 1.29 is 9.53 Å². The van der Waals surface area contributed by atoms with Crippen LogP contribution >= 0.6 is 0 Å². The van der Waals surface area contributed by atoms with Crippen molar-refractivity contribution >= 4 is 5.91 Å². The Kier molecular flexibility index (Phi) is 3.56. The molecule has 1 saturated heterocycles. The third-order valence-electron chi connectivity index (χ3n) is 2.95. The first-order valence-corrected chi connectivity index (χ1v) is 5.59. The number of nitrogens with one attached hydrogen (secondary N) is 1. The molecule has 0 aromatic heterocycles. The van der Waals surface area contributed by atoms with Crippen molar-refractivity contribution in [2.75, 3.05) is 39.9 Å². The van der Waals surface area contributed by atoms with Gasteiger partial charge in [-0.1, -0.05) is 0 Å². The quantitative estimate of drug-likeness (QED) is 0.680. The molecule has 1 aliphatic heterocycles. The second-order valence-electron chi connectivity index (χ2n) is 4.17. The molecule has 15 heavy (non-hydrogen) atoms. The van der Waals surface area contributed by atoms with Crippen LogP contribution in [0.25, 0.3) is 0 Å². The molecular formula is C10H19N3O2. The van der Waals surface area contributed by atoms with Crippen LogP contribution in [0.4, 0.5) is 0 Å². The van der Waals surface area contributed by atoms with Gasteiger partial charge in [0.05, 0.1) is 19.8 Å². The maximum Gasteiger partial charge on any atom is 0.237 e. The monoisotopic (exact) mass is 213 g/mol. The van der Waals surface area contributed by atoms with Gasteiger partial charge in [-0.2, -0.15) is 0 Å². The number of carbonyl (C=O) groups is 1. The highest BCUT2D eigenvalue weighted by molar-refractivity contribution is 5.78. The minimum Gasteiger partial charge on any atom is -0.379 e. The van der Waals surface area contributed by atoms with E-state index in [9.17, 15) is 4.79 Å². The molecule has 0 bridgehead atoms. The summed E-state index contributed by atoms with van der Waals surface area (Å²) in [6.07, 6.45) is 2.33.